The van der Waals surface area contributed by atoms with E-state index < -0.39 is 0 Å². The topological polar surface area (TPSA) is 62.2 Å². The van der Waals surface area contributed by atoms with Crippen LogP contribution in [0.3, 0.4) is 0 Å². The van der Waals surface area contributed by atoms with E-state index in [9.17, 15) is 9.90 Å². The maximum absolute atomic E-state index is 12.8. The van der Waals surface area contributed by atoms with Gasteiger partial charge < -0.3 is 10.4 Å². The molecule has 4 nitrogen and oxygen atoms in total. The van der Waals surface area contributed by atoms with Crippen LogP contribution >= 0.6 is 11.6 Å². The van der Waals surface area contributed by atoms with Crippen LogP contribution in [0.1, 0.15) is 48.0 Å². The highest BCUT2D eigenvalue weighted by atomic mass is 35.5. The Morgan fingerprint density at radius 2 is 1.93 bits per heavy atom. The summed E-state index contributed by atoms with van der Waals surface area (Å²) in [6, 6.07) is 12.9. The van der Waals surface area contributed by atoms with Crippen molar-refractivity contribution in [3.05, 3.63) is 69.9 Å². The quantitative estimate of drug-likeness (QED) is 0.660. The van der Waals surface area contributed by atoms with E-state index in [1.807, 2.05) is 24.3 Å². The zero-order valence-corrected chi connectivity index (χ0v) is 16.7. The number of halogens is 1. The standard InChI is InChI=1S/C22H23ClN2O2/c1-13-10-15(17(23)11-18(13)26)12-24-21(27)16-7-5-6-14-8-9-19(22(2,3)4)25-20(14)16/h5-11,26H,12H2,1-4H3,(H,24,27). The van der Waals surface area contributed by atoms with E-state index in [1.165, 1.54) is 6.07 Å². The van der Waals surface area contributed by atoms with Gasteiger partial charge in [0.15, 0.2) is 0 Å². The number of benzene rings is 2. The zero-order chi connectivity index (χ0) is 19.8. The van der Waals surface area contributed by atoms with Crippen LogP contribution in [0, 0.1) is 6.92 Å². The molecule has 3 rings (SSSR count). The number of rotatable bonds is 3. The number of nitrogens with one attached hydrogen (secondary N) is 1. The molecular formula is C22H23ClN2O2. The van der Waals surface area contributed by atoms with Gasteiger partial charge in [0.1, 0.15) is 5.75 Å². The lowest BCUT2D eigenvalue weighted by molar-refractivity contribution is 0.0952. The monoisotopic (exact) mass is 382 g/mol. The third kappa shape index (κ3) is 4.06. The summed E-state index contributed by atoms with van der Waals surface area (Å²) in [5, 5.41) is 14.0. The molecule has 0 fully saturated rings. The Kier molecular flexibility index (Phi) is 5.11. The van der Waals surface area contributed by atoms with Gasteiger partial charge in [-0.1, -0.05) is 50.6 Å². The van der Waals surface area contributed by atoms with Gasteiger partial charge in [-0.25, -0.2) is 0 Å². The predicted molar refractivity (Wildman–Crippen MR) is 109 cm³/mol. The molecule has 0 saturated carbocycles. The van der Waals surface area contributed by atoms with Gasteiger partial charge in [-0.2, -0.15) is 0 Å². The van der Waals surface area contributed by atoms with Gasteiger partial charge in [0.25, 0.3) is 5.91 Å². The lowest BCUT2D eigenvalue weighted by atomic mass is 9.91. The van der Waals surface area contributed by atoms with E-state index in [2.05, 4.69) is 26.1 Å². The van der Waals surface area contributed by atoms with Crippen molar-refractivity contribution in [3.8, 4) is 5.75 Å². The van der Waals surface area contributed by atoms with E-state index in [1.54, 1.807) is 19.1 Å². The van der Waals surface area contributed by atoms with Gasteiger partial charge in [-0.05, 0) is 42.3 Å². The number of aryl methyl sites for hydroxylation is 1. The van der Waals surface area contributed by atoms with Crippen molar-refractivity contribution < 1.29 is 9.90 Å². The molecule has 0 aliphatic heterocycles. The molecule has 1 heterocycles. The highest BCUT2D eigenvalue weighted by Gasteiger charge is 2.18. The molecule has 0 aliphatic carbocycles. The molecule has 27 heavy (non-hydrogen) atoms. The first-order valence-electron chi connectivity index (χ1n) is 8.83. The Bertz CT molecular complexity index is 1020. The molecule has 1 aromatic heterocycles. The Balaban J connectivity index is 1.91. The lowest BCUT2D eigenvalue weighted by Crippen LogP contribution is -2.24. The van der Waals surface area contributed by atoms with Gasteiger partial charge in [0, 0.05) is 28.1 Å². The first kappa shape index (κ1) is 19.2. The molecule has 0 spiro atoms. The van der Waals surface area contributed by atoms with E-state index in [4.69, 9.17) is 16.6 Å². The van der Waals surface area contributed by atoms with Crippen molar-refractivity contribution in [2.75, 3.05) is 0 Å². The number of nitrogens with zero attached hydrogens (tertiary/aromatic N) is 1. The van der Waals surface area contributed by atoms with E-state index >= 15 is 0 Å². The number of aromatic nitrogens is 1. The van der Waals surface area contributed by atoms with E-state index in [-0.39, 0.29) is 23.6 Å². The summed E-state index contributed by atoms with van der Waals surface area (Å²) in [7, 11) is 0. The number of carbonyl (C=O) groups excluding carboxylic acids is 1. The molecule has 3 aromatic rings. The fourth-order valence-electron chi connectivity index (χ4n) is 2.89. The Labute approximate surface area is 164 Å². The van der Waals surface area contributed by atoms with Crippen molar-refractivity contribution in [1.82, 2.24) is 10.3 Å². The average Bonchev–Trinajstić information content (AvgIpc) is 2.61. The molecule has 0 bridgehead atoms. The second-order valence-corrected chi connectivity index (χ2v) is 8.14. The van der Waals surface area contributed by atoms with E-state index in [0.717, 1.165) is 16.6 Å². The second-order valence-electron chi connectivity index (χ2n) is 7.74. The zero-order valence-electron chi connectivity index (χ0n) is 15.9. The summed E-state index contributed by atoms with van der Waals surface area (Å²) in [6.07, 6.45) is 0. The first-order chi connectivity index (χ1) is 12.7. The van der Waals surface area contributed by atoms with Crippen molar-refractivity contribution in [3.63, 3.8) is 0 Å². The van der Waals surface area contributed by atoms with E-state index in [0.29, 0.717) is 21.7 Å². The van der Waals surface area contributed by atoms with Gasteiger partial charge >= 0.3 is 0 Å². The molecule has 0 radical (unpaired) electrons. The number of aromatic hydroxyl groups is 1. The molecule has 5 heteroatoms. The number of hydrogen-bond donors (Lipinski definition) is 2. The first-order valence-corrected chi connectivity index (χ1v) is 9.21. The molecule has 2 N–H and O–H groups in total. The van der Waals surface area contributed by atoms with Crippen LogP contribution < -0.4 is 5.32 Å². The number of fused-ring (bicyclic) bond motifs is 1. The van der Waals surface area contributed by atoms with Crippen LogP contribution in [0.5, 0.6) is 5.75 Å². The molecule has 0 saturated heterocycles. The summed E-state index contributed by atoms with van der Waals surface area (Å²) < 4.78 is 0. The maximum Gasteiger partial charge on any atom is 0.253 e. The largest absolute Gasteiger partial charge is 0.508 e. The molecule has 0 unspecified atom stereocenters. The van der Waals surface area contributed by atoms with Crippen molar-refractivity contribution in [1.29, 1.82) is 0 Å². The average molecular weight is 383 g/mol. The van der Waals surface area contributed by atoms with Crippen LogP contribution in [0.15, 0.2) is 42.5 Å². The summed E-state index contributed by atoms with van der Waals surface area (Å²) >= 11 is 6.17. The van der Waals surface area contributed by atoms with Crippen molar-refractivity contribution in [2.45, 2.75) is 39.7 Å². The van der Waals surface area contributed by atoms with Crippen LogP contribution in [-0.2, 0) is 12.0 Å². The van der Waals surface area contributed by atoms with Crippen LogP contribution in [-0.4, -0.2) is 16.0 Å². The van der Waals surface area contributed by atoms with Crippen LogP contribution in [0.25, 0.3) is 10.9 Å². The third-order valence-corrected chi connectivity index (χ3v) is 4.89. The Morgan fingerprint density at radius 1 is 1.19 bits per heavy atom. The fraction of sp³-hybridized carbons (Fsp3) is 0.273. The highest BCUT2D eigenvalue weighted by molar-refractivity contribution is 6.31. The van der Waals surface area contributed by atoms with Gasteiger partial charge in [-0.15, -0.1) is 0 Å². The molecule has 140 valence electrons. The summed E-state index contributed by atoms with van der Waals surface area (Å²) in [4.78, 5) is 17.6. The number of carbonyl (C=O) groups is 1. The number of pyridine rings is 1. The lowest BCUT2D eigenvalue weighted by Gasteiger charge is -2.18. The van der Waals surface area contributed by atoms with Gasteiger partial charge in [0.2, 0.25) is 0 Å². The fourth-order valence-corrected chi connectivity index (χ4v) is 3.11. The highest BCUT2D eigenvalue weighted by Crippen LogP contribution is 2.27. The number of para-hydroxylation sites is 1. The van der Waals surface area contributed by atoms with Crippen LogP contribution in [0.4, 0.5) is 0 Å². The Morgan fingerprint density at radius 3 is 2.63 bits per heavy atom. The van der Waals surface area contributed by atoms with Crippen molar-refractivity contribution >= 4 is 28.4 Å². The number of phenols is 1. The summed E-state index contributed by atoms with van der Waals surface area (Å²) in [5.74, 6) is -0.0657. The predicted octanol–water partition coefficient (Wildman–Crippen LogP) is 5.13. The molecule has 0 atom stereocenters. The third-order valence-electron chi connectivity index (χ3n) is 4.54. The molecule has 2 aromatic carbocycles. The van der Waals surface area contributed by atoms with Gasteiger partial charge in [0.05, 0.1) is 11.1 Å². The summed E-state index contributed by atoms with van der Waals surface area (Å²) in [5.41, 5.74) is 3.52. The SMILES string of the molecule is Cc1cc(CNC(=O)c2cccc3ccc(C(C)(C)C)nc23)c(Cl)cc1O. The Hall–Kier alpha value is -2.59. The minimum atomic E-state index is -0.207. The normalized spacial score (nSPS) is 11.6. The summed E-state index contributed by atoms with van der Waals surface area (Å²) in [6.45, 7) is 8.35. The number of hydrogen-bond acceptors (Lipinski definition) is 3. The molecule has 0 aliphatic rings. The molecule has 1 amide bonds. The second kappa shape index (κ2) is 7.20. The number of phenolic OH excluding ortho intramolecular Hbond substituents is 1. The van der Waals surface area contributed by atoms with Crippen molar-refractivity contribution in [2.24, 2.45) is 0 Å². The minimum absolute atomic E-state index is 0.102. The number of amides is 1. The molecular weight excluding hydrogens is 360 g/mol. The smallest absolute Gasteiger partial charge is 0.253 e. The van der Waals surface area contributed by atoms with Crippen LogP contribution in [0.2, 0.25) is 5.02 Å². The maximum atomic E-state index is 12.8. The minimum Gasteiger partial charge on any atom is -0.508 e. The van der Waals surface area contributed by atoms with Gasteiger partial charge in [-0.3, -0.25) is 9.78 Å².